The zero-order chi connectivity index (χ0) is 16.4. The Morgan fingerprint density at radius 1 is 1.26 bits per heavy atom. The molecule has 1 N–H and O–H groups in total. The number of nitrogens with zero attached hydrogens (tertiary/aromatic N) is 1. The molecule has 1 saturated heterocycles. The molecule has 1 aromatic carbocycles. The molecule has 1 saturated carbocycles. The van der Waals surface area contributed by atoms with Crippen molar-refractivity contribution in [2.75, 3.05) is 13.1 Å². The Labute approximate surface area is 138 Å². The van der Waals surface area contributed by atoms with Crippen molar-refractivity contribution < 1.29 is 13.2 Å². The molecule has 126 valence electrons. The molecule has 0 radical (unpaired) electrons. The summed E-state index contributed by atoms with van der Waals surface area (Å²) < 4.78 is 26.9. The zero-order valence-electron chi connectivity index (χ0n) is 13.5. The third kappa shape index (κ3) is 3.75. The maximum absolute atomic E-state index is 12.7. The molecular formula is C17H24N2O3S. The van der Waals surface area contributed by atoms with Crippen molar-refractivity contribution in [2.24, 2.45) is 11.8 Å². The smallest absolute Gasteiger partial charge is 0.243 e. The third-order valence-corrected chi connectivity index (χ3v) is 6.66. The van der Waals surface area contributed by atoms with E-state index in [0.717, 1.165) is 31.2 Å². The Balaban J connectivity index is 1.67. The lowest BCUT2D eigenvalue weighted by Gasteiger charge is -2.26. The molecule has 3 rings (SSSR count). The van der Waals surface area contributed by atoms with Crippen LogP contribution in [0.2, 0.25) is 0 Å². The van der Waals surface area contributed by atoms with Crippen molar-refractivity contribution in [3.63, 3.8) is 0 Å². The second kappa shape index (κ2) is 6.61. The number of hydrogen-bond acceptors (Lipinski definition) is 3. The fraction of sp³-hybridized carbons (Fsp3) is 0.588. The van der Waals surface area contributed by atoms with Crippen LogP contribution in [0.3, 0.4) is 0 Å². The number of amides is 1. The molecule has 1 heterocycles. The van der Waals surface area contributed by atoms with Gasteiger partial charge in [0, 0.05) is 25.6 Å². The van der Waals surface area contributed by atoms with Crippen LogP contribution in [-0.2, 0) is 21.4 Å². The van der Waals surface area contributed by atoms with Crippen LogP contribution in [0.5, 0.6) is 0 Å². The first-order valence-corrected chi connectivity index (χ1v) is 9.79. The third-order valence-electron chi connectivity index (χ3n) is 4.76. The Hall–Kier alpha value is -1.40. The van der Waals surface area contributed by atoms with Crippen LogP contribution >= 0.6 is 0 Å². The van der Waals surface area contributed by atoms with E-state index < -0.39 is 10.0 Å². The summed E-state index contributed by atoms with van der Waals surface area (Å²) in [6.07, 6.45) is 3.90. The van der Waals surface area contributed by atoms with Crippen molar-refractivity contribution in [3.8, 4) is 0 Å². The average molecular weight is 336 g/mol. The fourth-order valence-electron chi connectivity index (χ4n) is 3.08. The minimum atomic E-state index is -3.42. The lowest BCUT2D eigenvalue weighted by atomic mass is 10.2. The van der Waals surface area contributed by atoms with E-state index >= 15 is 0 Å². The number of sulfonamides is 1. The highest BCUT2D eigenvalue weighted by atomic mass is 32.2. The molecule has 0 bridgehead atoms. The highest BCUT2D eigenvalue weighted by Crippen LogP contribution is 2.37. The Kier molecular flexibility index (Phi) is 4.73. The first kappa shape index (κ1) is 16.5. The van der Waals surface area contributed by atoms with E-state index in [2.05, 4.69) is 12.2 Å². The van der Waals surface area contributed by atoms with Gasteiger partial charge >= 0.3 is 0 Å². The quantitative estimate of drug-likeness (QED) is 0.896. The SMILES string of the molecule is C[C@@H]1C[C@H]1C(=O)NCc1cccc(S(=O)(=O)N2CCCCC2)c1. The van der Waals surface area contributed by atoms with Crippen molar-refractivity contribution in [2.45, 2.75) is 44.0 Å². The first-order chi connectivity index (χ1) is 11.0. The van der Waals surface area contributed by atoms with Crippen molar-refractivity contribution >= 4 is 15.9 Å². The lowest BCUT2D eigenvalue weighted by molar-refractivity contribution is -0.122. The van der Waals surface area contributed by atoms with Crippen molar-refractivity contribution in [1.82, 2.24) is 9.62 Å². The van der Waals surface area contributed by atoms with E-state index in [0.29, 0.717) is 30.4 Å². The monoisotopic (exact) mass is 336 g/mol. The van der Waals surface area contributed by atoms with E-state index in [9.17, 15) is 13.2 Å². The largest absolute Gasteiger partial charge is 0.352 e. The van der Waals surface area contributed by atoms with Gasteiger partial charge in [-0.15, -0.1) is 0 Å². The van der Waals surface area contributed by atoms with Crippen LogP contribution in [0.1, 0.15) is 38.2 Å². The normalized spacial score (nSPS) is 25.1. The van der Waals surface area contributed by atoms with E-state index in [1.807, 2.05) is 6.07 Å². The van der Waals surface area contributed by atoms with Gasteiger partial charge in [0.1, 0.15) is 0 Å². The number of hydrogen-bond donors (Lipinski definition) is 1. The van der Waals surface area contributed by atoms with Gasteiger partial charge in [-0.25, -0.2) is 8.42 Å². The summed E-state index contributed by atoms with van der Waals surface area (Å²) in [4.78, 5) is 12.2. The van der Waals surface area contributed by atoms with Crippen LogP contribution < -0.4 is 5.32 Å². The lowest BCUT2D eigenvalue weighted by Crippen LogP contribution is -2.35. The highest BCUT2D eigenvalue weighted by Gasteiger charge is 2.38. The number of carbonyl (C=O) groups excluding carboxylic acids is 1. The van der Waals surface area contributed by atoms with E-state index in [4.69, 9.17) is 0 Å². The molecule has 0 unspecified atom stereocenters. The van der Waals surface area contributed by atoms with Gasteiger partial charge in [-0.1, -0.05) is 25.5 Å². The summed E-state index contributed by atoms with van der Waals surface area (Å²) in [5.41, 5.74) is 0.824. The van der Waals surface area contributed by atoms with E-state index in [-0.39, 0.29) is 11.8 Å². The Morgan fingerprint density at radius 2 is 1.96 bits per heavy atom. The minimum Gasteiger partial charge on any atom is -0.352 e. The van der Waals surface area contributed by atoms with Gasteiger partial charge in [0.15, 0.2) is 0 Å². The molecule has 1 aromatic rings. The van der Waals surface area contributed by atoms with Crippen LogP contribution in [0, 0.1) is 11.8 Å². The number of carbonyl (C=O) groups is 1. The summed E-state index contributed by atoms with van der Waals surface area (Å²) >= 11 is 0. The van der Waals surface area contributed by atoms with Crippen LogP contribution in [0.25, 0.3) is 0 Å². The first-order valence-electron chi connectivity index (χ1n) is 8.35. The number of nitrogens with one attached hydrogen (secondary N) is 1. The van der Waals surface area contributed by atoms with Gasteiger partial charge in [0.25, 0.3) is 0 Å². The molecule has 1 aliphatic carbocycles. The van der Waals surface area contributed by atoms with Crippen molar-refractivity contribution in [1.29, 1.82) is 0 Å². The number of rotatable bonds is 5. The summed E-state index contributed by atoms with van der Waals surface area (Å²) in [7, 11) is -3.42. The van der Waals surface area contributed by atoms with E-state index in [1.54, 1.807) is 22.5 Å². The Bertz CT molecular complexity index is 681. The van der Waals surface area contributed by atoms with Gasteiger partial charge < -0.3 is 5.32 Å². The second-order valence-electron chi connectivity index (χ2n) is 6.65. The van der Waals surface area contributed by atoms with Gasteiger partial charge in [-0.2, -0.15) is 4.31 Å². The van der Waals surface area contributed by atoms with Gasteiger partial charge in [-0.05, 0) is 42.9 Å². The summed E-state index contributed by atoms with van der Waals surface area (Å²) in [5, 5.41) is 2.90. The fourth-order valence-corrected chi connectivity index (χ4v) is 4.67. The molecule has 23 heavy (non-hydrogen) atoms. The minimum absolute atomic E-state index is 0.0711. The predicted molar refractivity (Wildman–Crippen MR) is 88.2 cm³/mol. The summed E-state index contributed by atoms with van der Waals surface area (Å²) in [6, 6.07) is 6.92. The highest BCUT2D eigenvalue weighted by molar-refractivity contribution is 7.89. The zero-order valence-corrected chi connectivity index (χ0v) is 14.3. The van der Waals surface area contributed by atoms with Crippen LogP contribution in [0.4, 0.5) is 0 Å². The maximum Gasteiger partial charge on any atom is 0.243 e. The molecule has 5 nitrogen and oxygen atoms in total. The van der Waals surface area contributed by atoms with Crippen molar-refractivity contribution in [3.05, 3.63) is 29.8 Å². The second-order valence-corrected chi connectivity index (χ2v) is 8.59. The van der Waals surface area contributed by atoms with Gasteiger partial charge in [-0.3, -0.25) is 4.79 Å². The molecular weight excluding hydrogens is 312 g/mol. The Morgan fingerprint density at radius 3 is 2.61 bits per heavy atom. The number of benzene rings is 1. The molecule has 1 aliphatic heterocycles. The van der Waals surface area contributed by atoms with Crippen LogP contribution in [-0.4, -0.2) is 31.7 Å². The topological polar surface area (TPSA) is 66.5 Å². The molecule has 2 aliphatic rings. The average Bonchev–Trinajstić information content (AvgIpc) is 3.31. The molecule has 1 amide bonds. The standard InChI is InChI=1S/C17H24N2O3S/c1-13-10-16(13)17(20)18-12-14-6-5-7-15(11-14)23(21,22)19-8-3-2-4-9-19/h5-7,11,13,16H,2-4,8-10,12H2,1H3,(H,18,20)/t13-,16-/m1/s1. The van der Waals surface area contributed by atoms with E-state index in [1.165, 1.54) is 0 Å². The summed E-state index contributed by atoms with van der Waals surface area (Å²) in [5.74, 6) is 0.679. The molecule has 0 aromatic heterocycles. The number of piperidine rings is 1. The molecule has 2 fully saturated rings. The van der Waals surface area contributed by atoms with Gasteiger partial charge in [0.05, 0.1) is 4.90 Å². The molecule has 2 atom stereocenters. The maximum atomic E-state index is 12.7. The molecule has 6 heteroatoms. The van der Waals surface area contributed by atoms with Gasteiger partial charge in [0.2, 0.25) is 15.9 Å². The molecule has 0 spiro atoms. The summed E-state index contributed by atoms with van der Waals surface area (Å²) in [6.45, 7) is 3.65. The predicted octanol–water partition coefficient (Wildman–Crippen LogP) is 2.13. The van der Waals surface area contributed by atoms with Crippen LogP contribution in [0.15, 0.2) is 29.2 Å².